The summed E-state index contributed by atoms with van der Waals surface area (Å²) in [7, 11) is 1.71. The summed E-state index contributed by atoms with van der Waals surface area (Å²) >= 11 is 0. The largest absolute Gasteiger partial charge is 0.493 e. The SMILES string of the molecule is COCC1(C)CC(C)C=CO1. The molecule has 1 aliphatic heterocycles. The lowest BCUT2D eigenvalue weighted by Crippen LogP contribution is -2.36. The fourth-order valence-corrected chi connectivity index (χ4v) is 1.53. The highest BCUT2D eigenvalue weighted by molar-refractivity contribution is 4.94. The molecule has 2 atom stereocenters. The van der Waals surface area contributed by atoms with Crippen molar-refractivity contribution in [1.82, 2.24) is 0 Å². The molecule has 1 rings (SSSR count). The normalized spacial score (nSPS) is 36.8. The van der Waals surface area contributed by atoms with Crippen LogP contribution in [-0.4, -0.2) is 19.3 Å². The predicted octanol–water partition coefficient (Wildman–Crippen LogP) is 1.96. The maximum Gasteiger partial charge on any atom is 0.129 e. The van der Waals surface area contributed by atoms with Crippen LogP contribution in [0.15, 0.2) is 12.3 Å². The summed E-state index contributed by atoms with van der Waals surface area (Å²) in [6.45, 7) is 4.94. The van der Waals surface area contributed by atoms with E-state index in [2.05, 4.69) is 19.9 Å². The molecule has 0 N–H and O–H groups in total. The molecule has 0 aliphatic carbocycles. The van der Waals surface area contributed by atoms with Gasteiger partial charge in [-0.2, -0.15) is 0 Å². The van der Waals surface area contributed by atoms with E-state index in [0.29, 0.717) is 12.5 Å². The van der Waals surface area contributed by atoms with Crippen LogP contribution >= 0.6 is 0 Å². The number of hydrogen-bond donors (Lipinski definition) is 0. The molecule has 64 valence electrons. The molecule has 0 fully saturated rings. The number of hydrogen-bond acceptors (Lipinski definition) is 2. The highest BCUT2D eigenvalue weighted by atomic mass is 16.5. The van der Waals surface area contributed by atoms with Crippen molar-refractivity contribution in [2.75, 3.05) is 13.7 Å². The predicted molar refractivity (Wildman–Crippen MR) is 44.3 cm³/mol. The Labute approximate surface area is 68.2 Å². The second kappa shape index (κ2) is 3.26. The van der Waals surface area contributed by atoms with Crippen molar-refractivity contribution >= 4 is 0 Å². The standard InChI is InChI=1S/C9H16O2/c1-8-4-5-11-9(2,6-8)7-10-3/h4-5,8H,6-7H2,1-3H3. The van der Waals surface area contributed by atoms with Gasteiger partial charge in [-0.1, -0.05) is 6.92 Å². The molecule has 0 aromatic heterocycles. The van der Waals surface area contributed by atoms with Crippen LogP contribution < -0.4 is 0 Å². The number of rotatable bonds is 2. The maximum absolute atomic E-state index is 5.47. The minimum Gasteiger partial charge on any atom is -0.493 e. The fraction of sp³-hybridized carbons (Fsp3) is 0.778. The van der Waals surface area contributed by atoms with Crippen molar-refractivity contribution in [3.05, 3.63) is 12.3 Å². The summed E-state index contributed by atoms with van der Waals surface area (Å²) in [5.41, 5.74) is -0.108. The van der Waals surface area contributed by atoms with Crippen molar-refractivity contribution < 1.29 is 9.47 Å². The Morgan fingerprint density at radius 1 is 1.73 bits per heavy atom. The first-order valence-electron chi connectivity index (χ1n) is 4.00. The van der Waals surface area contributed by atoms with E-state index >= 15 is 0 Å². The van der Waals surface area contributed by atoms with Gasteiger partial charge in [0.05, 0.1) is 12.9 Å². The van der Waals surface area contributed by atoms with Gasteiger partial charge in [-0.25, -0.2) is 0 Å². The minimum absolute atomic E-state index is 0.108. The molecular formula is C9H16O2. The summed E-state index contributed by atoms with van der Waals surface area (Å²) in [4.78, 5) is 0. The monoisotopic (exact) mass is 156 g/mol. The van der Waals surface area contributed by atoms with Crippen LogP contribution in [0.2, 0.25) is 0 Å². The van der Waals surface area contributed by atoms with E-state index in [1.807, 2.05) is 0 Å². The Morgan fingerprint density at radius 3 is 3.00 bits per heavy atom. The molecular weight excluding hydrogens is 140 g/mol. The van der Waals surface area contributed by atoms with Crippen molar-refractivity contribution in [1.29, 1.82) is 0 Å². The summed E-state index contributed by atoms with van der Waals surface area (Å²) < 4.78 is 10.5. The van der Waals surface area contributed by atoms with Crippen LogP contribution in [0.4, 0.5) is 0 Å². The van der Waals surface area contributed by atoms with Crippen LogP contribution in [0.25, 0.3) is 0 Å². The van der Waals surface area contributed by atoms with E-state index in [1.165, 1.54) is 0 Å². The molecule has 0 aromatic rings. The zero-order valence-electron chi connectivity index (χ0n) is 7.46. The first-order chi connectivity index (χ1) is 5.16. The Hall–Kier alpha value is -0.500. The molecule has 0 radical (unpaired) electrons. The van der Waals surface area contributed by atoms with E-state index in [9.17, 15) is 0 Å². The Morgan fingerprint density at radius 2 is 2.45 bits per heavy atom. The van der Waals surface area contributed by atoms with Crippen LogP contribution in [0.1, 0.15) is 20.3 Å². The molecule has 0 saturated carbocycles. The van der Waals surface area contributed by atoms with E-state index in [-0.39, 0.29) is 5.60 Å². The third-order valence-electron chi connectivity index (χ3n) is 1.96. The zero-order valence-corrected chi connectivity index (χ0v) is 7.46. The minimum atomic E-state index is -0.108. The smallest absolute Gasteiger partial charge is 0.129 e. The lowest BCUT2D eigenvalue weighted by Gasteiger charge is -2.33. The summed E-state index contributed by atoms with van der Waals surface area (Å²) in [6.07, 6.45) is 4.90. The lowest BCUT2D eigenvalue weighted by molar-refractivity contribution is -0.0486. The quantitative estimate of drug-likeness (QED) is 0.608. The molecule has 2 nitrogen and oxygen atoms in total. The van der Waals surface area contributed by atoms with Gasteiger partial charge >= 0.3 is 0 Å². The topological polar surface area (TPSA) is 18.5 Å². The number of methoxy groups -OCH3 is 1. The molecule has 0 bridgehead atoms. The molecule has 0 spiro atoms. The third-order valence-corrected chi connectivity index (χ3v) is 1.96. The van der Waals surface area contributed by atoms with Crippen molar-refractivity contribution in [2.45, 2.75) is 25.9 Å². The van der Waals surface area contributed by atoms with Gasteiger partial charge in [-0.3, -0.25) is 0 Å². The van der Waals surface area contributed by atoms with Crippen LogP contribution in [0.5, 0.6) is 0 Å². The second-order valence-corrected chi connectivity index (χ2v) is 3.51. The summed E-state index contributed by atoms with van der Waals surface area (Å²) in [6, 6.07) is 0. The van der Waals surface area contributed by atoms with Gasteiger partial charge in [0.15, 0.2) is 0 Å². The van der Waals surface area contributed by atoms with Crippen LogP contribution in [0, 0.1) is 5.92 Å². The lowest BCUT2D eigenvalue weighted by atomic mass is 9.92. The molecule has 0 amide bonds. The number of allylic oxidation sites excluding steroid dienone is 1. The molecule has 0 saturated heterocycles. The van der Waals surface area contributed by atoms with Gasteiger partial charge in [0.2, 0.25) is 0 Å². The van der Waals surface area contributed by atoms with E-state index in [0.717, 1.165) is 6.42 Å². The molecule has 2 unspecified atom stereocenters. The zero-order chi connectivity index (χ0) is 8.32. The Balaban J connectivity index is 2.52. The van der Waals surface area contributed by atoms with E-state index in [1.54, 1.807) is 13.4 Å². The van der Waals surface area contributed by atoms with Gasteiger partial charge < -0.3 is 9.47 Å². The second-order valence-electron chi connectivity index (χ2n) is 3.51. The van der Waals surface area contributed by atoms with Gasteiger partial charge in [-0.15, -0.1) is 0 Å². The average Bonchev–Trinajstić information content (AvgIpc) is 1.86. The summed E-state index contributed by atoms with van der Waals surface area (Å²) in [5.74, 6) is 0.601. The first-order valence-corrected chi connectivity index (χ1v) is 4.00. The molecule has 0 aromatic carbocycles. The van der Waals surface area contributed by atoms with Crippen molar-refractivity contribution in [3.8, 4) is 0 Å². The summed E-state index contributed by atoms with van der Waals surface area (Å²) in [5, 5.41) is 0. The van der Waals surface area contributed by atoms with Crippen molar-refractivity contribution in [2.24, 2.45) is 5.92 Å². The van der Waals surface area contributed by atoms with Crippen LogP contribution in [0.3, 0.4) is 0 Å². The molecule has 11 heavy (non-hydrogen) atoms. The molecule has 1 heterocycles. The molecule has 1 aliphatic rings. The maximum atomic E-state index is 5.47. The van der Waals surface area contributed by atoms with Crippen LogP contribution in [-0.2, 0) is 9.47 Å². The Bertz CT molecular complexity index is 154. The average molecular weight is 156 g/mol. The fourth-order valence-electron chi connectivity index (χ4n) is 1.53. The van der Waals surface area contributed by atoms with Gasteiger partial charge in [0.25, 0.3) is 0 Å². The van der Waals surface area contributed by atoms with Gasteiger partial charge in [0.1, 0.15) is 5.60 Å². The Kier molecular flexibility index (Phi) is 2.55. The van der Waals surface area contributed by atoms with Gasteiger partial charge in [0, 0.05) is 7.11 Å². The van der Waals surface area contributed by atoms with E-state index in [4.69, 9.17) is 9.47 Å². The highest BCUT2D eigenvalue weighted by Gasteiger charge is 2.29. The number of ether oxygens (including phenoxy) is 2. The van der Waals surface area contributed by atoms with Crippen molar-refractivity contribution in [3.63, 3.8) is 0 Å². The first kappa shape index (κ1) is 8.60. The third kappa shape index (κ3) is 2.22. The van der Waals surface area contributed by atoms with Gasteiger partial charge in [-0.05, 0) is 25.3 Å². The molecule has 2 heteroatoms. The van der Waals surface area contributed by atoms with E-state index < -0.39 is 0 Å². The highest BCUT2D eigenvalue weighted by Crippen LogP contribution is 2.26.